The highest BCUT2D eigenvalue weighted by molar-refractivity contribution is 7.09. The van der Waals surface area contributed by atoms with Crippen LogP contribution >= 0.6 is 11.3 Å². The summed E-state index contributed by atoms with van der Waals surface area (Å²) in [5.74, 6) is 0.538. The van der Waals surface area contributed by atoms with Gasteiger partial charge in [0.2, 0.25) is 0 Å². The van der Waals surface area contributed by atoms with Gasteiger partial charge in [-0.1, -0.05) is 24.3 Å². The predicted octanol–water partition coefficient (Wildman–Crippen LogP) is 3.08. The van der Waals surface area contributed by atoms with Gasteiger partial charge in [0.05, 0.1) is 16.8 Å². The number of benzene rings is 1. The number of aliphatic hydroxyl groups is 1. The molecule has 0 saturated heterocycles. The Bertz CT molecular complexity index is 549. The van der Waals surface area contributed by atoms with Crippen LogP contribution in [0.1, 0.15) is 34.2 Å². The Balaban J connectivity index is 1.58. The second-order valence-corrected chi connectivity index (χ2v) is 6.11. The SMILES string of the molecule is Cc1nc(CC(O)CC2Cc3ccccc32)cs1. The Hall–Kier alpha value is -1.19. The first kappa shape index (κ1) is 11.9. The molecule has 94 valence electrons. The van der Waals surface area contributed by atoms with E-state index in [9.17, 15) is 5.11 Å². The number of aryl methyl sites for hydroxylation is 1. The van der Waals surface area contributed by atoms with Crippen molar-refractivity contribution in [3.05, 3.63) is 51.5 Å². The minimum atomic E-state index is -0.273. The lowest BCUT2D eigenvalue weighted by molar-refractivity contribution is 0.150. The number of aliphatic hydroxyl groups excluding tert-OH is 1. The van der Waals surface area contributed by atoms with Crippen LogP contribution < -0.4 is 0 Å². The van der Waals surface area contributed by atoms with Crippen LogP contribution in [0.3, 0.4) is 0 Å². The average Bonchev–Trinajstić information content (AvgIpc) is 2.72. The molecule has 18 heavy (non-hydrogen) atoms. The van der Waals surface area contributed by atoms with Gasteiger partial charge in [-0.25, -0.2) is 4.98 Å². The summed E-state index contributed by atoms with van der Waals surface area (Å²) in [5, 5.41) is 13.3. The van der Waals surface area contributed by atoms with Crippen molar-refractivity contribution in [1.82, 2.24) is 4.98 Å². The predicted molar refractivity (Wildman–Crippen MR) is 74.1 cm³/mol. The number of fused-ring (bicyclic) bond motifs is 1. The fraction of sp³-hybridized carbons (Fsp3) is 0.400. The van der Waals surface area contributed by atoms with E-state index in [4.69, 9.17) is 0 Å². The second-order valence-electron chi connectivity index (χ2n) is 5.05. The molecule has 2 nitrogen and oxygen atoms in total. The van der Waals surface area contributed by atoms with Crippen LogP contribution in [0.4, 0.5) is 0 Å². The summed E-state index contributed by atoms with van der Waals surface area (Å²) in [4.78, 5) is 4.40. The largest absolute Gasteiger partial charge is 0.393 e. The minimum Gasteiger partial charge on any atom is -0.393 e. The van der Waals surface area contributed by atoms with Crippen molar-refractivity contribution in [3.8, 4) is 0 Å². The number of hydrogen-bond donors (Lipinski definition) is 1. The molecular weight excluding hydrogens is 242 g/mol. The maximum absolute atomic E-state index is 10.1. The zero-order valence-corrected chi connectivity index (χ0v) is 11.3. The summed E-state index contributed by atoms with van der Waals surface area (Å²) < 4.78 is 0. The van der Waals surface area contributed by atoms with Gasteiger partial charge in [-0.2, -0.15) is 0 Å². The van der Waals surface area contributed by atoms with Crippen molar-refractivity contribution in [3.63, 3.8) is 0 Å². The zero-order valence-electron chi connectivity index (χ0n) is 10.5. The van der Waals surface area contributed by atoms with Crippen molar-refractivity contribution in [2.24, 2.45) is 0 Å². The van der Waals surface area contributed by atoms with Crippen LogP contribution in [-0.2, 0) is 12.8 Å². The third-order valence-electron chi connectivity index (χ3n) is 3.63. The van der Waals surface area contributed by atoms with Gasteiger partial charge in [-0.05, 0) is 36.8 Å². The first-order valence-electron chi connectivity index (χ1n) is 6.39. The summed E-state index contributed by atoms with van der Waals surface area (Å²) in [5.41, 5.74) is 3.89. The minimum absolute atomic E-state index is 0.273. The molecule has 3 heteroatoms. The number of rotatable bonds is 4. The molecule has 0 aliphatic heterocycles. The van der Waals surface area contributed by atoms with Gasteiger partial charge < -0.3 is 5.11 Å². The fourth-order valence-corrected chi connectivity index (χ4v) is 3.35. The van der Waals surface area contributed by atoms with Crippen molar-refractivity contribution in [1.29, 1.82) is 0 Å². The van der Waals surface area contributed by atoms with Gasteiger partial charge in [0.1, 0.15) is 0 Å². The lowest BCUT2D eigenvalue weighted by Gasteiger charge is -2.31. The second kappa shape index (κ2) is 4.82. The Labute approximate surface area is 111 Å². The van der Waals surface area contributed by atoms with Crippen LogP contribution in [0.15, 0.2) is 29.6 Å². The van der Waals surface area contributed by atoms with Gasteiger partial charge in [0.15, 0.2) is 0 Å². The Morgan fingerprint density at radius 2 is 2.28 bits per heavy atom. The van der Waals surface area contributed by atoms with Gasteiger partial charge >= 0.3 is 0 Å². The van der Waals surface area contributed by atoms with E-state index in [1.807, 2.05) is 12.3 Å². The maximum atomic E-state index is 10.1. The number of thiazole rings is 1. The third-order valence-corrected chi connectivity index (χ3v) is 4.45. The molecule has 1 aromatic carbocycles. The molecule has 1 N–H and O–H groups in total. The molecule has 0 radical (unpaired) electrons. The molecule has 0 bridgehead atoms. The van der Waals surface area contributed by atoms with Crippen molar-refractivity contribution < 1.29 is 5.11 Å². The molecule has 1 aliphatic carbocycles. The molecule has 1 heterocycles. The summed E-state index contributed by atoms with van der Waals surface area (Å²) >= 11 is 1.65. The van der Waals surface area contributed by atoms with Gasteiger partial charge in [-0.3, -0.25) is 0 Å². The van der Waals surface area contributed by atoms with Crippen molar-refractivity contribution >= 4 is 11.3 Å². The standard InChI is InChI=1S/C15H17NOS/c1-10-16-13(9-18-10)8-14(17)7-12-6-11-4-2-3-5-15(11)12/h2-5,9,12,14,17H,6-8H2,1H3. The zero-order chi connectivity index (χ0) is 12.5. The van der Waals surface area contributed by atoms with Crippen molar-refractivity contribution in [2.75, 3.05) is 0 Å². The average molecular weight is 259 g/mol. The van der Waals surface area contributed by atoms with E-state index in [0.29, 0.717) is 12.3 Å². The quantitative estimate of drug-likeness (QED) is 0.915. The number of aromatic nitrogens is 1. The molecule has 3 rings (SSSR count). The maximum Gasteiger partial charge on any atom is 0.0897 e. The summed E-state index contributed by atoms with van der Waals surface area (Å²) in [6.45, 7) is 2.00. The first-order valence-corrected chi connectivity index (χ1v) is 7.27. The van der Waals surface area contributed by atoms with E-state index in [-0.39, 0.29) is 6.10 Å². The third kappa shape index (κ3) is 2.33. The highest BCUT2D eigenvalue weighted by Gasteiger charge is 2.27. The molecule has 0 spiro atoms. The molecule has 2 atom stereocenters. The lowest BCUT2D eigenvalue weighted by atomic mass is 9.74. The monoisotopic (exact) mass is 259 g/mol. The first-order chi connectivity index (χ1) is 8.72. The van der Waals surface area contributed by atoms with Crippen LogP contribution in [0.5, 0.6) is 0 Å². The van der Waals surface area contributed by atoms with Gasteiger partial charge in [-0.15, -0.1) is 11.3 Å². The number of nitrogens with zero attached hydrogens (tertiary/aromatic N) is 1. The van der Waals surface area contributed by atoms with E-state index in [1.165, 1.54) is 11.1 Å². The van der Waals surface area contributed by atoms with Crippen LogP contribution in [-0.4, -0.2) is 16.2 Å². The smallest absolute Gasteiger partial charge is 0.0897 e. The highest BCUT2D eigenvalue weighted by Crippen LogP contribution is 2.38. The molecule has 0 amide bonds. The normalized spacial score (nSPS) is 19.1. The van der Waals surface area contributed by atoms with E-state index >= 15 is 0 Å². The highest BCUT2D eigenvalue weighted by atomic mass is 32.1. The van der Waals surface area contributed by atoms with Gasteiger partial charge in [0, 0.05) is 11.8 Å². The topological polar surface area (TPSA) is 33.1 Å². The summed E-state index contributed by atoms with van der Waals surface area (Å²) in [6.07, 6.45) is 2.38. The number of hydrogen-bond acceptors (Lipinski definition) is 3. The van der Waals surface area contributed by atoms with E-state index in [2.05, 4.69) is 29.2 Å². The summed E-state index contributed by atoms with van der Waals surface area (Å²) in [7, 11) is 0. The van der Waals surface area contributed by atoms with E-state index in [0.717, 1.165) is 23.5 Å². The van der Waals surface area contributed by atoms with Crippen LogP contribution in [0.2, 0.25) is 0 Å². The van der Waals surface area contributed by atoms with Crippen molar-refractivity contribution in [2.45, 2.75) is 38.2 Å². The van der Waals surface area contributed by atoms with Crippen LogP contribution in [0.25, 0.3) is 0 Å². The molecule has 2 aromatic rings. The molecule has 2 unspecified atom stereocenters. The Morgan fingerprint density at radius 1 is 1.44 bits per heavy atom. The van der Waals surface area contributed by atoms with E-state index < -0.39 is 0 Å². The Morgan fingerprint density at radius 3 is 3.00 bits per heavy atom. The molecule has 1 aliphatic rings. The molecule has 1 aromatic heterocycles. The fourth-order valence-electron chi connectivity index (χ4n) is 2.73. The van der Waals surface area contributed by atoms with E-state index in [1.54, 1.807) is 11.3 Å². The lowest BCUT2D eigenvalue weighted by Crippen LogP contribution is -2.23. The molecule has 0 saturated carbocycles. The van der Waals surface area contributed by atoms with Crippen LogP contribution in [0, 0.1) is 6.92 Å². The van der Waals surface area contributed by atoms with Gasteiger partial charge in [0.25, 0.3) is 0 Å². The molecular formula is C15H17NOS. The Kier molecular flexibility index (Phi) is 3.18. The molecule has 0 fully saturated rings. The summed E-state index contributed by atoms with van der Waals surface area (Å²) in [6, 6.07) is 8.54.